The maximum atomic E-state index is 12.0. The van der Waals surface area contributed by atoms with Gasteiger partial charge in [-0.3, -0.25) is 9.48 Å². The molecule has 2 rings (SSSR count). The molecule has 0 saturated heterocycles. The highest BCUT2D eigenvalue weighted by molar-refractivity contribution is 6.06. The van der Waals surface area contributed by atoms with E-state index in [0.29, 0.717) is 13.1 Å². The van der Waals surface area contributed by atoms with Gasteiger partial charge >= 0.3 is 5.97 Å². The summed E-state index contributed by atoms with van der Waals surface area (Å²) in [6.45, 7) is 0.769. The van der Waals surface area contributed by atoms with Gasteiger partial charge in [-0.25, -0.2) is 4.79 Å². The highest BCUT2D eigenvalue weighted by Gasteiger charge is 2.16. The Hall–Kier alpha value is -2.94. The first-order chi connectivity index (χ1) is 10.0. The van der Waals surface area contributed by atoms with Gasteiger partial charge in [0.05, 0.1) is 24.0 Å². The molecule has 0 radical (unpaired) electrons. The summed E-state index contributed by atoms with van der Waals surface area (Å²) in [6.07, 6.45) is 1.41. The molecular formula is C12H13N5O4. The molecule has 0 spiro atoms. The molecule has 0 atom stereocenters. The van der Waals surface area contributed by atoms with Crippen molar-refractivity contribution in [2.45, 2.75) is 6.54 Å². The first-order valence-electron chi connectivity index (χ1n) is 5.99. The molecule has 1 aromatic heterocycles. The Balaban J connectivity index is 2.20. The fourth-order valence-corrected chi connectivity index (χ4v) is 1.65. The maximum absolute atomic E-state index is 12.0. The number of nitrogens with two attached hydrogens (primary N) is 1. The fraction of sp³-hybridized carbons (Fsp3) is 0.167. The molecule has 0 aliphatic rings. The predicted octanol–water partition coefficient (Wildman–Crippen LogP) is -0.107. The molecule has 5 N–H and O–H groups in total. The number of rotatable bonds is 5. The summed E-state index contributed by atoms with van der Waals surface area (Å²) in [5.41, 5.74) is 5.22. The zero-order chi connectivity index (χ0) is 15.4. The van der Waals surface area contributed by atoms with Crippen LogP contribution in [0.2, 0.25) is 0 Å². The van der Waals surface area contributed by atoms with Gasteiger partial charge in [-0.1, -0.05) is 5.21 Å². The van der Waals surface area contributed by atoms with Crippen LogP contribution in [0.25, 0.3) is 0 Å². The van der Waals surface area contributed by atoms with Crippen molar-refractivity contribution in [3.63, 3.8) is 0 Å². The number of carbonyl (C=O) groups excluding carboxylic acids is 1. The Morgan fingerprint density at radius 3 is 2.81 bits per heavy atom. The number of amides is 1. The standard InChI is InChI=1S/C12H13N5O4/c13-3-4-17-6-10(15-16-17)11(19)14-9-2-1-7(18)5-8(9)12(20)21/h1-2,5-6,18H,3-4,13H2,(H,14,19)(H,20,21). The summed E-state index contributed by atoms with van der Waals surface area (Å²) in [6, 6.07) is 3.61. The maximum Gasteiger partial charge on any atom is 0.337 e. The first-order valence-corrected chi connectivity index (χ1v) is 5.99. The average molecular weight is 291 g/mol. The molecule has 1 amide bonds. The van der Waals surface area contributed by atoms with Crippen LogP contribution in [-0.4, -0.2) is 43.6 Å². The first kappa shape index (κ1) is 14.5. The van der Waals surface area contributed by atoms with Crippen LogP contribution in [0.15, 0.2) is 24.4 Å². The lowest BCUT2D eigenvalue weighted by atomic mass is 10.1. The van der Waals surface area contributed by atoms with Crippen molar-refractivity contribution < 1.29 is 19.8 Å². The summed E-state index contributed by atoms with van der Waals surface area (Å²) in [4.78, 5) is 23.1. The van der Waals surface area contributed by atoms with Gasteiger partial charge in [0.2, 0.25) is 0 Å². The predicted molar refractivity (Wildman–Crippen MR) is 72.1 cm³/mol. The Labute approximate surface area is 119 Å². The molecular weight excluding hydrogens is 278 g/mol. The number of phenolic OH excluding ortho intramolecular Hbond substituents is 1. The number of carbonyl (C=O) groups is 2. The van der Waals surface area contributed by atoms with Crippen molar-refractivity contribution >= 4 is 17.6 Å². The number of carboxylic acid groups (broad SMARTS) is 1. The molecule has 0 bridgehead atoms. The highest BCUT2D eigenvalue weighted by atomic mass is 16.4. The second kappa shape index (κ2) is 6.01. The Morgan fingerprint density at radius 1 is 1.38 bits per heavy atom. The van der Waals surface area contributed by atoms with E-state index in [4.69, 9.17) is 10.8 Å². The molecule has 0 unspecified atom stereocenters. The van der Waals surface area contributed by atoms with Gasteiger partial charge < -0.3 is 21.3 Å². The monoisotopic (exact) mass is 291 g/mol. The van der Waals surface area contributed by atoms with E-state index in [2.05, 4.69) is 15.6 Å². The van der Waals surface area contributed by atoms with Crippen LogP contribution in [0.5, 0.6) is 5.75 Å². The lowest BCUT2D eigenvalue weighted by Crippen LogP contribution is -2.15. The molecule has 9 nitrogen and oxygen atoms in total. The fourth-order valence-electron chi connectivity index (χ4n) is 1.65. The van der Waals surface area contributed by atoms with E-state index >= 15 is 0 Å². The third-order valence-corrected chi connectivity index (χ3v) is 2.61. The van der Waals surface area contributed by atoms with E-state index in [1.54, 1.807) is 0 Å². The molecule has 0 aliphatic carbocycles. The summed E-state index contributed by atoms with van der Waals surface area (Å²) < 4.78 is 1.41. The molecule has 0 aliphatic heterocycles. The molecule has 0 saturated carbocycles. The number of aromatic hydroxyl groups is 1. The molecule has 110 valence electrons. The van der Waals surface area contributed by atoms with E-state index in [1.807, 2.05) is 0 Å². The van der Waals surface area contributed by atoms with Crippen LogP contribution in [0.3, 0.4) is 0 Å². The van der Waals surface area contributed by atoms with Crippen molar-refractivity contribution in [3.8, 4) is 5.75 Å². The van der Waals surface area contributed by atoms with Crippen molar-refractivity contribution in [1.29, 1.82) is 0 Å². The van der Waals surface area contributed by atoms with Crippen LogP contribution in [-0.2, 0) is 6.54 Å². The smallest absolute Gasteiger partial charge is 0.337 e. The van der Waals surface area contributed by atoms with Gasteiger partial charge in [0.1, 0.15) is 5.75 Å². The van der Waals surface area contributed by atoms with Crippen molar-refractivity contribution in [2.75, 3.05) is 11.9 Å². The lowest BCUT2D eigenvalue weighted by Gasteiger charge is -2.07. The second-order valence-electron chi connectivity index (χ2n) is 4.14. The number of phenols is 1. The highest BCUT2D eigenvalue weighted by Crippen LogP contribution is 2.21. The van der Waals surface area contributed by atoms with Gasteiger partial charge in [-0.05, 0) is 18.2 Å². The molecule has 1 heterocycles. The molecule has 0 fully saturated rings. The van der Waals surface area contributed by atoms with Gasteiger partial charge in [-0.15, -0.1) is 5.10 Å². The Morgan fingerprint density at radius 2 is 2.14 bits per heavy atom. The normalized spacial score (nSPS) is 10.3. The number of aromatic carboxylic acids is 1. The third kappa shape index (κ3) is 3.34. The minimum Gasteiger partial charge on any atom is -0.508 e. The van der Waals surface area contributed by atoms with Crippen molar-refractivity contribution in [3.05, 3.63) is 35.7 Å². The number of benzene rings is 1. The van der Waals surface area contributed by atoms with Crippen LogP contribution in [0.1, 0.15) is 20.8 Å². The molecule has 9 heteroatoms. The number of nitrogens with zero attached hydrogens (tertiary/aromatic N) is 3. The van der Waals surface area contributed by atoms with Gasteiger partial charge in [0.15, 0.2) is 5.69 Å². The van der Waals surface area contributed by atoms with Gasteiger partial charge in [-0.2, -0.15) is 0 Å². The van der Waals surface area contributed by atoms with E-state index in [0.717, 1.165) is 6.07 Å². The minimum atomic E-state index is -1.27. The SMILES string of the molecule is NCCn1cc(C(=O)Nc2ccc(O)cc2C(=O)O)nn1. The topological polar surface area (TPSA) is 143 Å². The Kier molecular flexibility index (Phi) is 4.14. The summed E-state index contributed by atoms with van der Waals surface area (Å²) in [5, 5.41) is 28.1. The zero-order valence-electron chi connectivity index (χ0n) is 10.9. The number of anilines is 1. The largest absolute Gasteiger partial charge is 0.508 e. The minimum absolute atomic E-state index is 0.0351. The molecule has 1 aromatic carbocycles. The van der Waals surface area contributed by atoms with Crippen LogP contribution >= 0.6 is 0 Å². The van der Waals surface area contributed by atoms with Crippen molar-refractivity contribution in [2.24, 2.45) is 5.73 Å². The number of nitrogens with one attached hydrogen (secondary N) is 1. The summed E-state index contributed by atoms with van der Waals surface area (Å²) >= 11 is 0. The van der Waals surface area contributed by atoms with Gasteiger partial charge in [0.25, 0.3) is 5.91 Å². The van der Waals surface area contributed by atoms with Crippen LogP contribution in [0, 0.1) is 0 Å². The average Bonchev–Trinajstić information content (AvgIpc) is 2.89. The zero-order valence-corrected chi connectivity index (χ0v) is 10.9. The third-order valence-electron chi connectivity index (χ3n) is 2.61. The van der Waals surface area contributed by atoms with E-state index < -0.39 is 11.9 Å². The lowest BCUT2D eigenvalue weighted by molar-refractivity contribution is 0.0697. The quantitative estimate of drug-likeness (QED) is 0.563. The van der Waals surface area contributed by atoms with Crippen LogP contribution in [0.4, 0.5) is 5.69 Å². The number of carboxylic acids is 1. The second-order valence-corrected chi connectivity index (χ2v) is 4.14. The van der Waals surface area contributed by atoms with E-state index in [9.17, 15) is 14.7 Å². The number of hydrogen-bond acceptors (Lipinski definition) is 6. The van der Waals surface area contributed by atoms with Crippen LogP contribution < -0.4 is 11.1 Å². The summed E-state index contributed by atoms with van der Waals surface area (Å²) in [5.74, 6) is -2.08. The number of aromatic nitrogens is 3. The summed E-state index contributed by atoms with van der Waals surface area (Å²) in [7, 11) is 0. The van der Waals surface area contributed by atoms with E-state index in [1.165, 1.54) is 23.0 Å². The number of hydrogen-bond donors (Lipinski definition) is 4. The molecule has 2 aromatic rings. The van der Waals surface area contributed by atoms with E-state index in [-0.39, 0.29) is 22.7 Å². The molecule has 21 heavy (non-hydrogen) atoms. The van der Waals surface area contributed by atoms with Crippen molar-refractivity contribution in [1.82, 2.24) is 15.0 Å². The van der Waals surface area contributed by atoms with Gasteiger partial charge in [0, 0.05) is 6.54 Å². The Bertz CT molecular complexity index is 682.